The largest absolute Gasteiger partial charge is 2.00 e. The van der Waals surface area contributed by atoms with Gasteiger partial charge in [0.2, 0.25) is 0 Å². The maximum absolute atomic E-state index is 8.49. The van der Waals surface area contributed by atoms with Gasteiger partial charge in [-0.15, -0.1) is 41.0 Å². The smallest absolute Gasteiger partial charge is 0.329 e. The first-order valence-corrected chi connectivity index (χ1v) is 17.6. The van der Waals surface area contributed by atoms with Crippen LogP contribution in [0.4, 0.5) is 0 Å². The summed E-state index contributed by atoms with van der Waals surface area (Å²) < 4.78 is 136. The monoisotopic (exact) mass is 968 g/mol. The number of rotatable bonds is 12. The Labute approximate surface area is 342 Å². The second-order valence-electron chi connectivity index (χ2n) is 6.82. The fourth-order valence-corrected chi connectivity index (χ4v) is 1.77. The summed E-state index contributed by atoms with van der Waals surface area (Å²) >= 11 is 0. The third-order valence-corrected chi connectivity index (χ3v) is 2.67. The van der Waals surface area contributed by atoms with Crippen molar-refractivity contribution in [1.82, 2.24) is 9.80 Å². The summed E-state index contributed by atoms with van der Waals surface area (Å²) in [7, 11) is -19.8. The number of hydrogen-bond donors (Lipinski definition) is 6. The van der Waals surface area contributed by atoms with Gasteiger partial charge in [0.25, 0.3) is 0 Å². The van der Waals surface area contributed by atoms with Gasteiger partial charge in [0.1, 0.15) is 0 Å². The van der Waals surface area contributed by atoms with E-state index in [2.05, 4.69) is 9.80 Å². The minimum atomic E-state index is -4.94. The molecule has 12 N–H and O–H groups in total. The molecule has 34 heteroatoms. The molecule has 0 saturated carbocycles. The number of hydrogen-bond acceptors (Lipinski definition) is 28. The molecule has 0 aliphatic carbocycles. The molecule has 332 valence electrons. The van der Waals surface area contributed by atoms with Crippen LogP contribution in [0.15, 0.2) is 0 Å². The molecule has 54 heavy (non-hydrogen) atoms. The zero-order valence-corrected chi connectivity index (χ0v) is 34.3. The predicted molar refractivity (Wildman–Crippen MR) is 132 cm³/mol. The van der Waals surface area contributed by atoms with Crippen molar-refractivity contribution in [2.75, 3.05) is 78.5 Å². The summed E-state index contributed by atoms with van der Waals surface area (Å²) in [6.07, 6.45) is 0. The second-order valence-corrected chi connectivity index (χ2v) is 9.85. The van der Waals surface area contributed by atoms with Gasteiger partial charge in [-0.1, -0.05) is 0 Å². The molecular weight excluding hydrogens is 923 g/mol. The predicted octanol–water partition coefficient (Wildman–Crippen LogP) is -20.6. The van der Waals surface area contributed by atoms with Crippen molar-refractivity contribution in [2.45, 2.75) is 27.7 Å². The van der Waals surface area contributed by atoms with Crippen LogP contribution in [0.2, 0.25) is 0 Å². The molecule has 0 radical (unpaired) electrons. The molecule has 0 rings (SSSR count). The van der Waals surface area contributed by atoms with Crippen LogP contribution in [0, 0.1) is 86.3 Å². The van der Waals surface area contributed by atoms with Gasteiger partial charge in [-0.25, -0.2) is 74.5 Å². The average molecular weight is 972 g/mol. The third kappa shape index (κ3) is 437. The van der Waals surface area contributed by atoms with Gasteiger partial charge in [-0.3, -0.25) is 9.80 Å². The molecule has 0 aromatic heterocycles. The van der Waals surface area contributed by atoms with Crippen LogP contribution in [0.5, 0.6) is 0 Å². The van der Waals surface area contributed by atoms with Gasteiger partial charge in [0.05, 0.1) is 24.3 Å². The Bertz CT molecular complexity index is 663. The van der Waals surface area contributed by atoms with Crippen molar-refractivity contribution in [2.24, 2.45) is 34.4 Å². The summed E-state index contributed by atoms with van der Waals surface area (Å²) in [5.41, 5.74) is 32.2. The van der Waals surface area contributed by atoms with Crippen molar-refractivity contribution in [3.63, 3.8) is 0 Å². The molecule has 0 amide bonds. The van der Waals surface area contributed by atoms with Crippen LogP contribution in [0.3, 0.4) is 0 Å². The minimum absolute atomic E-state index is 0. The SMILES string of the molecule is CC#N.CC#N.CC#N.CC#N.NCCN(CCN)CCN.NCCN(CCN)CCN.[Ni+2].[Ni+2].[O-][Cl+3]([O-])([O-])[O-].[O-][Cl+3]([O-])([O-])[O-].[O-][Cl+3]([O-])([O-])[O-].[O-][Cl+3]([O-])([O-])[O-]. The topological polar surface area (TPSA) is 627 Å². The first kappa shape index (κ1) is 85.4. The molecule has 0 heterocycles. The fraction of sp³-hybridized carbons (Fsp3) is 0.800. The van der Waals surface area contributed by atoms with Crippen molar-refractivity contribution in [1.29, 1.82) is 21.0 Å². The van der Waals surface area contributed by atoms with Crippen LogP contribution in [-0.2, 0) is 33.0 Å². The molecule has 0 bridgehead atoms. The second kappa shape index (κ2) is 66.9. The van der Waals surface area contributed by atoms with E-state index in [1.165, 1.54) is 27.7 Å². The summed E-state index contributed by atoms with van der Waals surface area (Å²) in [4.78, 5) is 4.33. The fourth-order valence-electron chi connectivity index (χ4n) is 1.77. The van der Waals surface area contributed by atoms with Gasteiger partial charge in [0, 0.05) is 106 Å². The Hall–Kier alpha value is -0.853. The minimum Gasteiger partial charge on any atom is -0.329 e. The van der Waals surface area contributed by atoms with E-state index < -0.39 is 41.0 Å². The Morgan fingerprint density at radius 3 is 0.426 bits per heavy atom. The number of nitrogens with two attached hydrogens (primary N) is 6. The van der Waals surface area contributed by atoms with Crippen LogP contribution in [-0.4, -0.2) is 88.3 Å². The first-order valence-electron chi connectivity index (χ1n) is 12.7. The Kier molecular flexibility index (Phi) is 106. The number of nitrogens with zero attached hydrogens (tertiary/aromatic N) is 6. The first-order chi connectivity index (χ1) is 23.3. The molecule has 0 fully saturated rings. The summed E-state index contributed by atoms with van der Waals surface area (Å²) in [5, 5.41) is 29.3. The molecule has 0 saturated heterocycles. The maximum Gasteiger partial charge on any atom is 2.00 e. The maximum atomic E-state index is 8.49. The van der Waals surface area contributed by atoms with Crippen molar-refractivity contribution >= 4 is 0 Å². The number of halogens is 4. The molecule has 0 aromatic rings. The van der Waals surface area contributed by atoms with Gasteiger partial charge >= 0.3 is 33.0 Å². The quantitative estimate of drug-likeness (QED) is 0.0989. The van der Waals surface area contributed by atoms with Crippen LogP contribution in [0.1, 0.15) is 27.7 Å². The van der Waals surface area contributed by atoms with Gasteiger partial charge in [0.15, 0.2) is 0 Å². The van der Waals surface area contributed by atoms with Crippen molar-refractivity contribution in [3.8, 4) is 24.3 Å². The summed E-state index contributed by atoms with van der Waals surface area (Å²) in [5.74, 6) is 0. The van der Waals surface area contributed by atoms with E-state index >= 15 is 0 Å². The zero-order valence-electron chi connectivity index (χ0n) is 29.3. The van der Waals surface area contributed by atoms with Gasteiger partial charge < -0.3 is 34.4 Å². The molecule has 0 atom stereocenters. The third-order valence-electron chi connectivity index (χ3n) is 2.67. The molecule has 0 spiro atoms. The van der Waals surface area contributed by atoms with Gasteiger partial charge in [-0.05, 0) is 0 Å². The van der Waals surface area contributed by atoms with Crippen molar-refractivity contribution < 1.29 is 148 Å². The average Bonchev–Trinajstić information content (AvgIpc) is 2.88. The normalized spacial score (nSPS) is 9.04. The molecule has 0 aromatic carbocycles. The van der Waals surface area contributed by atoms with Gasteiger partial charge in [-0.2, -0.15) is 21.0 Å². The van der Waals surface area contributed by atoms with E-state index in [1.807, 2.05) is 0 Å². The van der Waals surface area contributed by atoms with E-state index in [1.54, 1.807) is 24.3 Å². The Morgan fingerprint density at radius 1 is 0.333 bits per heavy atom. The zero-order chi connectivity index (χ0) is 44.5. The molecule has 0 unspecified atom stereocenters. The van der Waals surface area contributed by atoms with E-state index in [9.17, 15) is 0 Å². The molecule has 0 aliphatic heterocycles. The van der Waals surface area contributed by atoms with Crippen LogP contribution >= 0.6 is 0 Å². The van der Waals surface area contributed by atoms with E-state index in [4.69, 9.17) is 130 Å². The van der Waals surface area contributed by atoms with E-state index in [0.717, 1.165) is 39.3 Å². The number of nitriles is 4. The van der Waals surface area contributed by atoms with Crippen LogP contribution < -0.4 is 109 Å². The summed E-state index contributed by atoms with van der Waals surface area (Å²) in [6, 6.07) is 7.00. The standard InChI is InChI=1S/2C6H18N4.4C2H3N.4ClHO4.2Ni/c2*7-1-4-10(5-2-8)6-3-9;4*1-2-3;4*2-1(3,4)5;;/h2*1-9H2;4*1H3;4*(H,2,3,4,5);;/q;;;;;;;;;;2*+2/p-4. The van der Waals surface area contributed by atoms with E-state index in [0.29, 0.717) is 39.3 Å². The Balaban J connectivity index is -0.0000000375. The van der Waals surface area contributed by atoms with Crippen LogP contribution in [0.25, 0.3) is 0 Å². The molecule has 28 nitrogen and oxygen atoms in total. The summed E-state index contributed by atoms with van der Waals surface area (Å²) in [6.45, 7) is 15.2. The van der Waals surface area contributed by atoms with E-state index in [-0.39, 0.29) is 33.0 Å². The molecule has 0 aliphatic rings. The molecular formula is C20H48Cl4N12Ni2O16. The Morgan fingerprint density at radius 2 is 0.389 bits per heavy atom. The van der Waals surface area contributed by atoms with Crippen molar-refractivity contribution in [3.05, 3.63) is 0 Å².